The summed E-state index contributed by atoms with van der Waals surface area (Å²) >= 11 is 0. The van der Waals surface area contributed by atoms with Gasteiger partial charge in [-0.05, 0) is 35.7 Å². The highest BCUT2D eigenvalue weighted by atomic mass is 16.6. The van der Waals surface area contributed by atoms with Gasteiger partial charge in [0.1, 0.15) is 0 Å². The van der Waals surface area contributed by atoms with Crippen LogP contribution >= 0.6 is 0 Å². The largest absolute Gasteiger partial charge is 0.487 e. The van der Waals surface area contributed by atoms with Crippen molar-refractivity contribution in [1.29, 1.82) is 0 Å². The molecule has 2 rings (SSSR count). The highest BCUT2D eigenvalue weighted by Crippen LogP contribution is 2.32. The maximum Gasteiger partial charge on any atom is 0.335 e. The molecule has 0 amide bonds. The Hall–Kier alpha value is -2.89. The summed E-state index contributed by atoms with van der Waals surface area (Å²) < 4.78 is 5.67. The van der Waals surface area contributed by atoms with E-state index in [0.717, 1.165) is 12.8 Å². The molecule has 0 unspecified atom stereocenters. The topological polar surface area (TPSA) is 89.7 Å². The van der Waals surface area contributed by atoms with E-state index in [1.165, 1.54) is 56.7 Å². The number of hydrogen-bond acceptors (Lipinski definition) is 4. The zero-order valence-corrected chi connectivity index (χ0v) is 16.9. The first-order valence-electron chi connectivity index (χ1n) is 10.3. The smallest absolute Gasteiger partial charge is 0.335 e. The molecule has 0 aliphatic heterocycles. The number of unbranched alkanes of at least 4 members (excludes halogenated alkanes) is 7. The van der Waals surface area contributed by atoms with Crippen LogP contribution in [0.15, 0.2) is 42.5 Å². The van der Waals surface area contributed by atoms with Crippen LogP contribution in [0.5, 0.6) is 5.75 Å². The number of rotatable bonds is 13. The van der Waals surface area contributed by atoms with Gasteiger partial charge in [0, 0.05) is 6.07 Å². The van der Waals surface area contributed by atoms with Crippen LogP contribution in [0.3, 0.4) is 0 Å². The van der Waals surface area contributed by atoms with Crippen molar-refractivity contribution in [3.63, 3.8) is 0 Å². The molecule has 0 aliphatic carbocycles. The summed E-state index contributed by atoms with van der Waals surface area (Å²) in [5, 5.41) is 20.4. The van der Waals surface area contributed by atoms with Crippen molar-refractivity contribution in [2.45, 2.75) is 58.3 Å². The van der Waals surface area contributed by atoms with Gasteiger partial charge in [-0.15, -0.1) is 0 Å². The van der Waals surface area contributed by atoms with E-state index in [1.54, 1.807) is 24.3 Å². The molecule has 6 heteroatoms. The molecule has 0 saturated heterocycles. The third-order valence-corrected chi connectivity index (χ3v) is 4.88. The first kappa shape index (κ1) is 22.4. The summed E-state index contributed by atoms with van der Waals surface area (Å²) in [5.41, 5.74) is 1.46. The lowest BCUT2D eigenvalue weighted by atomic mass is 10.0. The zero-order chi connectivity index (χ0) is 21.1. The van der Waals surface area contributed by atoms with Gasteiger partial charge in [-0.3, -0.25) is 10.1 Å². The summed E-state index contributed by atoms with van der Waals surface area (Å²) in [6.07, 6.45) is 9.46. The van der Waals surface area contributed by atoms with Crippen molar-refractivity contribution < 1.29 is 19.6 Å². The van der Waals surface area contributed by atoms with Crippen molar-refractivity contribution in [2.75, 3.05) is 6.61 Å². The zero-order valence-electron chi connectivity index (χ0n) is 16.9. The fourth-order valence-electron chi connectivity index (χ4n) is 3.18. The van der Waals surface area contributed by atoms with Crippen LogP contribution in [0.1, 0.15) is 68.6 Å². The Labute approximate surface area is 171 Å². The number of carboxylic acids is 1. The van der Waals surface area contributed by atoms with Crippen LogP contribution in [0.25, 0.3) is 11.1 Å². The molecule has 29 heavy (non-hydrogen) atoms. The van der Waals surface area contributed by atoms with Gasteiger partial charge in [0.2, 0.25) is 0 Å². The highest BCUT2D eigenvalue weighted by Gasteiger charge is 2.17. The Bertz CT molecular complexity index is 801. The number of ether oxygens (including phenoxy) is 1. The van der Waals surface area contributed by atoms with Gasteiger partial charge in [-0.2, -0.15) is 0 Å². The lowest BCUT2D eigenvalue weighted by molar-refractivity contribution is -0.385. The van der Waals surface area contributed by atoms with Crippen molar-refractivity contribution in [1.82, 2.24) is 0 Å². The quantitative estimate of drug-likeness (QED) is 0.236. The number of nitro benzene ring substituents is 1. The van der Waals surface area contributed by atoms with Gasteiger partial charge in [-0.25, -0.2) is 4.79 Å². The molecule has 0 spiro atoms. The predicted molar refractivity (Wildman–Crippen MR) is 114 cm³/mol. The monoisotopic (exact) mass is 399 g/mol. The van der Waals surface area contributed by atoms with Gasteiger partial charge in [-0.1, -0.05) is 70.1 Å². The second-order valence-corrected chi connectivity index (χ2v) is 7.15. The summed E-state index contributed by atoms with van der Waals surface area (Å²) in [4.78, 5) is 22.0. The number of hydrogen-bond donors (Lipinski definition) is 1. The van der Waals surface area contributed by atoms with E-state index in [1.807, 2.05) is 0 Å². The Kier molecular flexibility index (Phi) is 9.15. The molecule has 0 fully saturated rings. The fraction of sp³-hybridized carbons (Fsp3) is 0.435. The molecule has 2 aromatic rings. The van der Waals surface area contributed by atoms with Crippen LogP contribution < -0.4 is 4.74 Å². The minimum Gasteiger partial charge on any atom is -0.487 e. The van der Waals surface area contributed by atoms with Crippen molar-refractivity contribution in [2.24, 2.45) is 0 Å². The van der Waals surface area contributed by atoms with E-state index in [2.05, 4.69) is 6.92 Å². The Morgan fingerprint density at radius 2 is 1.52 bits per heavy atom. The van der Waals surface area contributed by atoms with Gasteiger partial charge in [0.15, 0.2) is 5.75 Å². The Morgan fingerprint density at radius 1 is 0.931 bits per heavy atom. The SMILES string of the molecule is CCCCCCCCCCOc1ccc(-c2ccc(C(=O)O)cc2)cc1[N+](=O)[O-]. The van der Waals surface area contributed by atoms with E-state index in [9.17, 15) is 14.9 Å². The third kappa shape index (κ3) is 7.22. The van der Waals surface area contributed by atoms with Crippen LogP contribution in [0, 0.1) is 10.1 Å². The van der Waals surface area contributed by atoms with Crippen molar-refractivity contribution in [3.8, 4) is 16.9 Å². The molecule has 0 saturated carbocycles. The molecule has 0 radical (unpaired) electrons. The van der Waals surface area contributed by atoms with E-state index in [4.69, 9.17) is 9.84 Å². The number of carbonyl (C=O) groups is 1. The number of carboxylic acid groups (broad SMARTS) is 1. The average molecular weight is 399 g/mol. The second-order valence-electron chi connectivity index (χ2n) is 7.15. The standard InChI is InChI=1S/C23H29NO5/c1-2-3-4-5-6-7-8-9-16-29-22-15-14-20(17-21(22)24(27)28)18-10-12-19(13-11-18)23(25)26/h10-15,17H,2-9,16H2,1H3,(H,25,26). The molecule has 0 heterocycles. The number of aromatic carboxylic acids is 1. The van der Waals surface area contributed by atoms with E-state index < -0.39 is 10.9 Å². The van der Waals surface area contributed by atoms with Gasteiger partial charge in [0.05, 0.1) is 17.1 Å². The molecule has 0 bridgehead atoms. The summed E-state index contributed by atoms with van der Waals surface area (Å²) in [7, 11) is 0. The molecule has 1 N–H and O–H groups in total. The molecule has 6 nitrogen and oxygen atoms in total. The van der Waals surface area contributed by atoms with E-state index in [0.29, 0.717) is 17.7 Å². The fourth-order valence-corrected chi connectivity index (χ4v) is 3.18. The van der Waals surface area contributed by atoms with Crippen LogP contribution in [0.2, 0.25) is 0 Å². The lowest BCUT2D eigenvalue weighted by Crippen LogP contribution is -2.01. The summed E-state index contributed by atoms with van der Waals surface area (Å²) in [6, 6.07) is 11.1. The van der Waals surface area contributed by atoms with Gasteiger partial charge >= 0.3 is 11.7 Å². The minimum absolute atomic E-state index is 0.0793. The first-order valence-corrected chi connectivity index (χ1v) is 10.3. The number of nitro groups is 1. The molecule has 0 atom stereocenters. The Balaban J connectivity index is 1.91. The molecule has 156 valence electrons. The minimum atomic E-state index is -1.01. The van der Waals surface area contributed by atoms with Crippen LogP contribution in [-0.2, 0) is 0 Å². The number of benzene rings is 2. The maximum atomic E-state index is 11.5. The predicted octanol–water partition coefficient (Wildman–Crippen LogP) is 6.48. The highest BCUT2D eigenvalue weighted by molar-refractivity contribution is 5.88. The molecule has 0 aliphatic rings. The molecule has 0 aromatic heterocycles. The molecular formula is C23H29NO5. The Morgan fingerprint density at radius 3 is 2.10 bits per heavy atom. The number of nitrogens with zero attached hydrogens (tertiary/aromatic N) is 1. The van der Waals surface area contributed by atoms with Crippen molar-refractivity contribution >= 4 is 11.7 Å². The normalized spacial score (nSPS) is 10.7. The average Bonchev–Trinajstić information content (AvgIpc) is 2.72. The van der Waals surface area contributed by atoms with Crippen molar-refractivity contribution in [3.05, 3.63) is 58.1 Å². The van der Waals surface area contributed by atoms with E-state index >= 15 is 0 Å². The lowest BCUT2D eigenvalue weighted by Gasteiger charge is -2.09. The third-order valence-electron chi connectivity index (χ3n) is 4.88. The van der Waals surface area contributed by atoms with Gasteiger partial charge in [0.25, 0.3) is 0 Å². The molecule has 2 aromatic carbocycles. The summed E-state index contributed by atoms with van der Waals surface area (Å²) in [5.74, 6) is -0.740. The van der Waals surface area contributed by atoms with Crippen LogP contribution in [-0.4, -0.2) is 22.6 Å². The second kappa shape index (κ2) is 11.8. The maximum absolute atomic E-state index is 11.5. The van der Waals surface area contributed by atoms with E-state index in [-0.39, 0.29) is 17.0 Å². The summed E-state index contributed by atoms with van der Waals surface area (Å²) in [6.45, 7) is 2.67. The van der Waals surface area contributed by atoms with Crippen LogP contribution in [0.4, 0.5) is 5.69 Å². The van der Waals surface area contributed by atoms with Gasteiger partial charge < -0.3 is 9.84 Å². The first-order chi connectivity index (χ1) is 14.0. The molecular weight excluding hydrogens is 370 g/mol.